The van der Waals surface area contributed by atoms with Crippen LogP contribution in [0.2, 0.25) is 4.34 Å². The molecule has 0 saturated heterocycles. The van der Waals surface area contributed by atoms with Crippen LogP contribution in [0.4, 0.5) is 0 Å². The van der Waals surface area contributed by atoms with Crippen molar-refractivity contribution >= 4 is 35.1 Å². The third-order valence-electron chi connectivity index (χ3n) is 2.98. The van der Waals surface area contributed by atoms with E-state index in [2.05, 4.69) is 10.5 Å². The molecule has 0 aliphatic carbocycles. The minimum Gasteiger partial charge on any atom is -0.323 e. The number of halogens is 1. The maximum atomic E-state index is 12.3. The van der Waals surface area contributed by atoms with Gasteiger partial charge < -0.3 is 4.57 Å². The molecule has 1 N–H and O–H groups in total. The SMILES string of the molecule is O=C(N/N=C\c1ccc(Cl)s1)c1ccccc1-n1cccc1. The highest BCUT2D eigenvalue weighted by Gasteiger charge is 2.10. The number of aromatic nitrogens is 1. The summed E-state index contributed by atoms with van der Waals surface area (Å²) in [7, 11) is 0. The predicted molar refractivity (Wildman–Crippen MR) is 90.2 cm³/mol. The fourth-order valence-corrected chi connectivity index (χ4v) is 2.93. The molecule has 0 bridgehead atoms. The summed E-state index contributed by atoms with van der Waals surface area (Å²) in [6.45, 7) is 0. The zero-order valence-corrected chi connectivity index (χ0v) is 13.0. The Labute approximate surface area is 136 Å². The van der Waals surface area contributed by atoms with Crippen LogP contribution in [-0.4, -0.2) is 16.7 Å². The molecule has 0 spiro atoms. The minimum absolute atomic E-state index is 0.261. The molecule has 3 rings (SSSR count). The highest BCUT2D eigenvalue weighted by Crippen LogP contribution is 2.19. The molecule has 0 unspecified atom stereocenters. The molecule has 0 saturated carbocycles. The van der Waals surface area contributed by atoms with Crippen molar-refractivity contribution < 1.29 is 4.79 Å². The van der Waals surface area contributed by atoms with Gasteiger partial charge in [-0.05, 0) is 36.4 Å². The third-order valence-corrected chi connectivity index (χ3v) is 4.15. The van der Waals surface area contributed by atoms with E-state index < -0.39 is 0 Å². The number of nitrogens with zero attached hydrogens (tertiary/aromatic N) is 2. The zero-order valence-electron chi connectivity index (χ0n) is 11.4. The van der Waals surface area contributed by atoms with E-state index >= 15 is 0 Å². The first kappa shape index (κ1) is 14.6. The number of hydrogen-bond acceptors (Lipinski definition) is 3. The summed E-state index contributed by atoms with van der Waals surface area (Å²) in [5.41, 5.74) is 3.90. The summed E-state index contributed by atoms with van der Waals surface area (Å²) < 4.78 is 2.57. The molecule has 2 aromatic heterocycles. The first-order chi connectivity index (χ1) is 10.7. The monoisotopic (exact) mass is 329 g/mol. The normalized spacial score (nSPS) is 11.0. The van der Waals surface area contributed by atoms with Gasteiger partial charge in [0.25, 0.3) is 5.91 Å². The van der Waals surface area contributed by atoms with Crippen LogP contribution in [0, 0.1) is 0 Å². The van der Waals surface area contributed by atoms with Gasteiger partial charge in [0, 0.05) is 17.3 Å². The van der Waals surface area contributed by atoms with Crippen molar-refractivity contribution in [3.8, 4) is 5.69 Å². The van der Waals surface area contributed by atoms with Crippen molar-refractivity contribution in [1.82, 2.24) is 9.99 Å². The van der Waals surface area contributed by atoms with Crippen molar-refractivity contribution in [2.45, 2.75) is 0 Å². The second-order valence-corrected chi connectivity index (χ2v) is 6.20. The van der Waals surface area contributed by atoms with Crippen LogP contribution in [0.1, 0.15) is 15.2 Å². The Hall–Kier alpha value is -2.37. The maximum Gasteiger partial charge on any atom is 0.273 e. The fourth-order valence-electron chi connectivity index (χ4n) is 2.00. The smallest absolute Gasteiger partial charge is 0.273 e. The predicted octanol–water partition coefficient (Wildman–Crippen LogP) is 3.96. The average Bonchev–Trinajstić information content (AvgIpc) is 3.19. The second-order valence-electron chi connectivity index (χ2n) is 4.45. The van der Waals surface area contributed by atoms with E-state index in [-0.39, 0.29) is 5.91 Å². The van der Waals surface area contributed by atoms with Crippen molar-refractivity contribution in [3.05, 3.63) is 75.7 Å². The molecule has 0 radical (unpaired) electrons. The molecule has 0 fully saturated rings. The standard InChI is InChI=1S/C16H12ClN3OS/c17-15-8-7-12(22-15)11-18-19-16(21)13-5-1-2-6-14(13)20-9-3-4-10-20/h1-11H,(H,19,21)/b18-11-. The number of para-hydroxylation sites is 1. The van der Waals surface area contributed by atoms with Gasteiger partial charge in [-0.1, -0.05) is 23.7 Å². The van der Waals surface area contributed by atoms with Gasteiger partial charge >= 0.3 is 0 Å². The van der Waals surface area contributed by atoms with Crippen molar-refractivity contribution in [3.63, 3.8) is 0 Å². The molecule has 0 atom stereocenters. The van der Waals surface area contributed by atoms with E-state index in [1.54, 1.807) is 18.3 Å². The number of rotatable bonds is 4. The van der Waals surface area contributed by atoms with E-state index in [9.17, 15) is 4.79 Å². The Balaban J connectivity index is 1.77. The number of thiophene rings is 1. The van der Waals surface area contributed by atoms with Gasteiger partial charge in [-0.3, -0.25) is 4.79 Å². The van der Waals surface area contributed by atoms with Crippen molar-refractivity contribution in [1.29, 1.82) is 0 Å². The quantitative estimate of drug-likeness (QED) is 0.571. The largest absolute Gasteiger partial charge is 0.323 e. The topological polar surface area (TPSA) is 46.4 Å². The number of hydrogen-bond donors (Lipinski definition) is 1. The third kappa shape index (κ3) is 3.27. The molecule has 1 aromatic carbocycles. The summed E-state index contributed by atoms with van der Waals surface area (Å²) in [6, 6.07) is 14.8. The number of benzene rings is 1. The fraction of sp³-hybridized carbons (Fsp3) is 0. The first-order valence-electron chi connectivity index (χ1n) is 6.55. The molecule has 1 amide bonds. The summed E-state index contributed by atoms with van der Waals surface area (Å²) in [6.07, 6.45) is 5.36. The van der Waals surface area contributed by atoms with Crippen LogP contribution in [0.3, 0.4) is 0 Å². The molecule has 0 aliphatic rings. The van der Waals surface area contributed by atoms with Gasteiger partial charge in [-0.2, -0.15) is 5.10 Å². The lowest BCUT2D eigenvalue weighted by Crippen LogP contribution is -2.19. The highest BCUT2D eigenvalue weighted by molar-refractivity contribution is 7.17. The lowest BCUT2D eigenvalue weighted by Gasteiger charge is -2.08. The molecule has 4 nitrogen and oxygen atoms in total. The van der Waals surface area contributed by atoms with E-state index in [0.29, 0.717) is 9.90 Å². The average molecular weight is 330 g/mol. The molecule has 2 heterocycles. The van der Waals surface area contributed by atoms with Crippen molar-refractivity contribution in [2.75, 3.05) is 0 Å². The highest BCUT2D eigenvalue weighted by atomic mass is 35.5. The molecule has 110 valence electrons. The number of carbonyl (C=O) groups is 1. The summed E-state index contributed by atoms with van der Waals surface area (Å²) >= 11 is 7.24. The molecule has 3 aromatic rings. The Bertz CT molecular complexity index is 808. The molecular formula is C16H12ClN3OS. The van der Waals surface area contributed by atoms with E-state index in [4.69, 9.17) is 11.6 Å². The minimum atomic E-state index is -0.261. The van der Waals surface area contributed by atoms with E-state index in [1.165, 1.54) is 11.3 Å². The molecule has 6 heteroatoms. The molecule has 22 heavy (non-hydrogen) atoms. The summed E-state index contributed by atoms with van der Waals surface area (Å²) in [5, 5.41) is 3.97. The molecular weight excluding hydrogens is 318 g/mol. The lowest BCUT2D eigenvalue weighted by molar-refractivity contribution is 0.0955. The Morgan fingerprint density at radius 3 is 2.64 bits per heavy atom. The number of nitrogens with one attached hydrogen (secondary N) is 1. The number of hydrazone groups is 1. The van der Waals surface area contributed by atoms with Crippen LogP contribution in [0.15, 0.2) is 66.0 Å². The van der Waals surface area contributed by atoms with Crippen molar-refractivity contribution in [2.24, 2.45) is 5.10 Å². The Morgan fingerprint density at radius 1 is 1.14 bits per heavy atom. The zero-order chi connectivity index (χ0) is 15.4. The number of carbonyl (C=O) groups excluding carboxylic acids is 1. The van der Waals surface area contributed by atoms with Gasteiger partial charge in [0.15, 0.2) is 0 Å². The lowest BCUT2D eigenvalue weighted by atomic mass is 10.1. The van der Waals surface area contributed by atoms with Gasteiger partial charge in [-0.25, -0.2) is 5.43 Å². The Kier molecular flexibility index (Phi) is 4.37. The van der Waals surface area contributed by atoms with Gasteiger partial charge in [0.05, 0.1) is 21.8 Å². The van der Waals surface area contributed by atoms with Crippen LogP contribution in [-0.2, 0) is 0 Å². The van der Waals surface area contributed by atoms with Crippen LogP contribution >= 0.6 is 22.9 Å². The van der Waals surface area contributed by atoms with E-state index in [1.807, 2.05) is 53.4 Å². The van der Waals surface area contributed by atoms with Gasteiger partial charge in [0.1, 0.15) is 0 Å². The summed E-state index contributed by atoms with van der Waals surface area (Å²) in [4.78, 5) is 13.2. The van der Waals surface area contributed by atoms with Crippen LogP contribution in [0.25, 0.3) is 5.69 Å². The summed E-state index contributed by atoms with van der Waals surface area (Å²) in [5.74, 6) is -0.261. The van der Waals surface area contributed by atoms with Crippen LogP contribution in [0.5, 0.6) is 0 Å². The second kappa shape index (κ2) is 6.60. The van der Waals surface area contributed by atoms with E-state index in [0.717, 1.165) is 10.6 Å². The van der Waals surface area contributed by atoms with Gasteiger partial charge in [-0.15, -0.1) is 11.3 Å². The first-order valence-corrected chi connectivity index (χ1v) is 7.74. The van der Waals surface area contributed by atoms with Crippen LogP contribution < -0.4 is 5.43 Å². The Morgan fingerprint density at radius 2 is 1.91 bits per heavy atom. The van der Waals surface area contributed by atoms with Gasteiger partial charge in [0.2, 0.25) is 0 Å². The molecule has 0 aliphatic heterocycles. The maximum absolute atomic E-state index is 12.3. The number of amides is 1.